The highest BCUT2D eigenvalue weighted by molar-refractivity contribution is 5.86. The molecule has 1 heterocycles. The molecule has 0 saturated heterocycles. The van der Waals surface area contributed by atoms with Crippen molar-refractivity contribution in [2.75, 3.05) is 0 Å². The van der Waals surface area contributed by atoms with E-state index in [1.165, 1.54) is 43.0 Å². The number of halogens is 1. The van der Waals surface area contributed by atoms with E-state index in [0.717, 1.165) is 4.57 Å². The molecule has 92 valence electrons. The van der Waals surface area contributed by atoms with Gasteiger partial charge in [-0.25, -0.2) is 18.7 Å². The Kier molecular flexibility index (Phi) is 3.47. The molecule has 1 aromatic heterocycles. The number of benzene rings is 1. The summed E-state index contributed by atoms with van der Waals surface area (Å²) in [6.07, 6.45) is 3.08. The summed E-state index contributed by atoms with van der Waals surface area (Å²) in [5, 5.41) is 0. The molecule has 1 aromatic carbocycles. The molecule has 0 aliphatic carbocycles. The predicted octanol–water partition coefficient (Wildman–Crippen LogP) is 1.78. The van der Waals surface area contributed by atoms with Crippen molar-refractivity contribution in [3.63, 3.8) is 0 Å². The van der Waals surface area contributed by atoms with Crippen LogP contribution in [0.2, 0.25) is 0 Å². The van der Waals surface area contributed by atoms with Crippen molar-refractivity contribution in [2.45, 2.75) is 6.42 Å². The monoisotopic (exact) mass is 248 g/mol. The maximum Gasteiger partial charge on any atom is 0.427 e. The van der Waals surface area contributed by atoms with Gasteiger partial charge in [-0.3, -0.25) is 4.79 Å². The first-order chi connectivity index (χ1) is 8.65. The van der Waals surface area contributed by atoms with Crippen LogP contribution >= 0.6 is 0 Å². The van der Waals surface area contributed by atoms with Crippen molar-refractivity contribution in [2.24, 2.45) is 0 Å². The van der Waals surface area contributed by atoms with Crippen molar-refractivity contribution in [3.8, 4) is 0 Å². The normalized spacial score (nSPS) is 10.1. The van der Waals surface area contributed by atoms with Crippen LogP contribution in [-0.2, 0) is 16.0 Å². The SMILES string of the molecule is O=C(Cc1ccc(F)cc1)OC(=O)n1ccnc1. The van der Waals surface area contributed by atoms with Crippen LogP contribution in [0, 0.1) is 5.82 Å². The average Bonchev–Trinajstić information content (AvgIpc) is 2.85. The standard InChI is InChI=1S/C12H9FN2O3/c13-10-3-1-9(2-4-10)7-11(16)18-12(17)15-6-5-14-8-15/h1-6,8H,7H2. The first kappa shape index (κ1) is 12.0. The minimum Gasteiger partial charge on any atom is -0.375 e. The number of hydrogen-bond donors (Lipinski definition) is 0. The number of hydrogen-bond acceptors (Lipinski definition) is 4. The van der Waals surface area contributed by atoms with Crippen molar-refractivity contribution < 1.29 is 18.7 Å². The third kappa shape index (κ3) is 3.00. The maximum absolute atomic E-state index is 12.6. The molecule has 0 unspecified atom stereocenters. The highest BCUT2D eigenvalue weighted by Crippen LogP contribution is 2.04. The Hall–Kier alpha value is -2.50. The van der Waals surface area contributed by atoms with Crippen LogP contribution in [0.5, 0.6) is 0 Å². The number of ether oxygens (including phenoxy) is 1. The fourth-order valence-corrected chi connectivity index (χ4v) is 1.32. The van der Waals surface area contributed by atoms with E-state index in [-0.39, 0.29) is 12.2 Å². The van der Waals surface area contributed by atoms with Crippen molar-refractivity contribution in [1.82, 2.24) is 9.55 Å². The van der Waals surface area contributed by atoms with Crippen LogP contribution in [0.25, 0.3) is 0 Å². The molecule has 6 heteroatoms. The van der Waals surface area contributed by atoms with Crippen molar-refractivity contribution >= 4 is 12.1 Å². The predicted molar refractivity (Wildman–Crippen MR) is 59.2 cm³/mol. The molecular formula is C12H9FN2O3. The lowest BCUT2D eigenvalue weighted by atomic mass is 10.1. The highest BCUT2D eigenvalue weighted by atomic mass is 19.1. The molecule has 2 aromatic rings. The third-order valence-electron chi connectivity index (χ3n) is 2.18. The Bertz CT molecular complexity index is 549. The second-order valence-corrected chi connectivity index (χ2v) is 3.51. The molecule has 5 nitrogen and oxygen atoms in total. The van der Waals surface area contributed by atoms with Crippen LogP contribution in [0.3, 0.4) is 0 Å². The van der Waals surface area contributed by atoms with E-state index in [1.807, 2.05) is 0 Å². The van der Waals surface area contributed by atoms with Gasteiger partial charge in [0.1, 0.15) is 12.1 Å². The lowest BCUT2D eigenvalue weighted by molar-refractivity contribution is -0.136. The number of rotatable bonds is 2. The molecule has 0 aliphatic rings. The van der Waals surface area contributed by atoms with Crippen LogP contribution in [-0.4, -0.2) is 21.6 Å². The molecular weight excluding hydrogens is 239 g/mol. The molecule has 0 bridgehead atoms. The molecule has 2 rings (SSSR count). The van der Waals surface area contributed by atoms with Gasteiger partial charge in [0, 0.05) is 12.4 Å². The number of carbonyl (C=O) groups is 2. The fourth-order valence-electron chi connectivity index (χ4n) is 1.32. The third-order valence-corrected chi connectivity index (χ3v) is 2.18. The van der Waals surface area contributed by atoms with Gasteiger partial charge in [-0.15, -0.1) is 0 Å². The molecule has 0 amide bonds. The summed E-state index contributed by atoms with van der Waals surface area (Å²) in [5.41, 5.74) is 0.569. The van der Waals surface area contributed by atoms with Gasteiger partial charge in [0.05, 0.1) is 6.42 Å². The van der Waals surface area contributed by atoms with Gasteiger partial charge in [-0.2, -0.15) is 0 Å². The average molecular weight is 248 g/mol. The topological polar surface area (TPSA) is 61.2 Å². The summed E-state index contributed by atoms with van der Waals surface area (Å²) in [7, 11) is 0. The molecule has 0 aliphatic heterocycles. The Morgan fingerprint density at radius 2 is 2.00 bits per heavy atom. The van der Waals surface area contributed by atoms with E-state index in [4.69, 9.17) is 0 Å². The van der Waals surface area contributed by atoms with Crippen LogP contribution in [0.15, 0.2) is 43.0 Å². The maximum atomic E-state index is 12.6. The number of imidazole rings is 1. The summed E-state index contributed by atoms with van der Waals surface area (Å²) in [6.45, 7) is 0. The largest absolute Gasteiger partial charge is 0.427 e. The van der Waals surface area contributed by atoms with Gasteiger partial charge in [0.25, 0.3) is 0 Å². The summed E-state index contributed by atoms with van der Waals surface area (Å²) < 4.78 is 18.3. The molecule has 0 N–H and O–H groups in total. The lowest BCUT2D eigenvalue weighted by Crippen LogP contribution is -2.18. The van der Waals surface area contributed by atoms with Gasteiger partial charge in [0.2, 0.25) is 0 Å². The Labute approximate surface area is 102 Å². The number of nitrogens with zero attached hydrogens (tertiary/aromatic N) is 2. The Balaban J connectivity index is 1.93. The summed E-state index contributed by atoms with van der Waals surface area (Å²) in [4.78, 5) is 26.5. The van der Waals surface area contributed by atoms with Gasteiger partial charge in [-0.1, -0.05) is 12.1 Å². The first-order valence-corrected chi connectivity index (χ1v) is 5.12. The number of esters is 1. The lowest BCUT2D eigenvalue weighted by Gasteiger charge is -2.03. The van der Waals surface area contributed by atoms with E-state index < -0.39 is 12.1 Å². The minimum atomic E-state index is -0.820. The Morgan fingerprint density at radius 1 is 1.28 bits per heavy atom. The van der Waals surface area contributed by atoms with E-state index in [2.05, 4.69) is 9.72 Å². The molecule has 0 radical (unpaired) electrons. The summed E-state index contributed by atoms with van der Waals surface area (Å²) in [6, 6.07) is 5.39. The second kappa shape index (κ2) is 5.22. The van der Waals surface area contributed by atoms with Crippen LogP contribution in [0.1, 0.15) is 5.56 Å². The summed E-state index contributed by atoms with van der Waals surface area (Å²) in [5.74, 6) is -1.10. The minimum absolute atomic E-state index is 0.0965. The van der Waals surface area contributed by atoms with Crippen molar-refractivity contribution in [3.05, 3.63) is 54.4 Å². The van der Waals surface area contributed by atoms with E-state index in [0.29, 0.717) is 5.56 Å². The Morgan fingerprint density at radius 3 is 2.61 bits per heavy atom. The highest BCUT2D eigenvalue weighted by Gasteiger charge is 2.12. The van der Waals surface area contributed by atoms with Gasteiger partial charge >= 0.3 is 12.1 Å². The molecule has 0 spiro atoms. The quantitative estimate of drug-likeness (QED) is 0.600. The van der Waals surface area contributed by atoms with Gasteiger partial charge in [0.15, 0.2) is 0 Å². The zero-order valence-corrected chi connectivity index (χ0v) is 9.25. The molecule has 0 fully saturated rings. The summed E-state index contributed by atoms with van der Waals surface area (Å²) >= 11 is 0. The van der Waals surface area contributed by atoms with Gasteiger partial charge < -0.3 is 4.74 Å². The number of aromatic nitrogens is 2. The smallest absolute Gasteiger partial charge is 0.375 e. The van der Waals surface area contributed by atoms with Crippen LogP contribution < -0.4 is 0 Å². The number of carbonyl (C=O) groups excluding carboxylic acids is 2. The van der Waals surface area contributed by atoms with Crippen molar-refractivity contribution in [1.29, 1.82) is 0 Å². The zero-order valence-electron chi connectivity index (χ0n) is 9.25. The van der Waals surface area contributed by atoms with Crippen LogP contribution in [0.4, 0.5) is 9.18 Å². The fraction of sp³-hybridized carbons (Fsp3) is 0.0833. The van der Waals surface area contributed by atoms with Gasteiger partial charge in [-0.05, 0) is 17.7 Å². The van der Waals surface area contributed by atoms with E-state index >= 15 is 0 Å². The second-order valence-electron chi connectivity index (χ2n) is 3.51. The molecule has 18 heavy (non-hydrogen) atoms. The molecule has 0 atom stereocenters. The zero-order chi connectivity index (χ0) is 13.0. The van der Waals surface area contributed by atoms with E-state index in [9.17, 15) is 14.0 Å². The molecule has 0 saturated carbocycles. The van der Waals surface area contributed by atoms with E-state index in [1.54, 1.807) is 0 Å². The first-order valence-electron chi connectivity index (χ1n) is 5.12.